The first kappa shape index (κ1) is 22.8. The zero-order chi connectivity index (χ0) is 24.8. The number of allylic oxidation sites excluding steroid dienone is 6. The Morgan fingerprint density at radius 3 is 1.91 bits per heavy atom. The molecule has 0 spiro atoms. The summed E-state index contributed by atoms with van der Waals surface area (Å²) in [5, 5.41) is 10.6. The van der Waals surface area contributed by atoms with E-state index in [0.717, 1.165) is 0 Å². The van der Waals surface area contributed by atoms with Gasteiger partial charge in [0.15, 0.2) is 0 Å². The lowest BCUT2D eigenvalue weighted by Crippen LogP contribution is -2.01. The Bertz CT molecular complexity index is 1720. The second kappa shape index (κ2) is 8.33. The van der Waals surface area contributed by atoms with Gasteiger partial charge in [0.25, 0.3) is 0 Å². The number of sulfone groups is 2. The van der Waals surface area contributed by atoms with Crippen molar-refractivity contribution < 1.29 is 26.7 Å². The molecule has 0 aromatic heterocycles. The van der Waals surface area contributed by atoms with Crippen LogP contribution < -0.4 is 0 Å². The topological polar surface area (TPSA) is 106 Å². The van der Waals surface area contributed by atoms with E-state index in [1.165, 1.54) is 48.6 Å². The summed E-state index contributed by atoms with van der Waals surface area (Å²) < 4.78 is 51.7. The molecule has 2 heterocycles. The molecule has 35 heavy (non-hydrogen) atoms. The SMILES string of the molecule is O=C1C(=CC=C(C=CC2=C(O)c3ccccc3S2(=O)=O)c2ccccc2)S(=O)(=O)c2ccccc21. The van der Waals surface area contributed by atoms with Gasteiger partial charge in [-0.15, -0.1) is 0 Å². The summed E-state index contributed by atoms with van der Waals surface area (Å²) in [7, 11) is -7.89. The molecule has 8 heteroatoms. The quantitative estimate of drug-likeness (QED) is 0.402. The number of benzene rings is 3. The number of carbonyl (C=O) groups is 1. The third kappa shape index (κ3) is 3.67. The van der Waals surface area contributed by atoms with Crippen molar-refractivity contribution in [1.29, 1.82) is 0 Å². The van der Waals surface area contributed by atoms with E-state index in [1.807, 2.05) is 0 Å². The van der Waals surface area contributed by atoms with Gasteiger partial charge in [-0.05, 0) is 47.6 Å². The maximum Gasteiger partial charge on any atom is 0.211 e. The molecule has 174 valence electrons. The second-order valence-corrected chi connectivity index (χ2v) is 11.7. The fourth-order valence-corrected chi connectivity index (χ4v) is 7.19. The molecule has 0 radical (unpaired) electrons. The molecular formula is C27H18O6S2. The lowest BCUT2D eigenvalue weighted by Gasteiger charge is -2.03. The van der Waals surface area contributed by atoms with Crippen LogP contribution in [0.25, 0.3) is 11.3 Å². The maximum atomic E-state index is 12.9. The Morgan fingerprint density at radius 1 is 0.714 bits per heavy atom. The molecule has 3 aromatic carbocycles. The highest BCUT2D eigenvalue weighted by Gasteiger charge is 2.38. The molecule has 0 saturated carbocycles. The number of carbonyl (C=O) groups excluding carboxylic acids is 1. The minimum atomic E-state index is -3.97. The smallest absolute Gasteiger partial charge is 0.211 e. The predicted octanol–water partition coefficient (Wildman–Crippen LogP) is 4.89. The summed E-state index contributed by atoms with van der Waals surface area (Å²) in [6, 6.07) is 21.1. The first-order valence-electron chi connectivity index (χ1n) is 10.5. The van der Waals surface area contributed by atoms with Crippen LogP contribution in [0.4, 0.5) is 0 Å². The van der Waals surface area contributed by atoms with Crippen molar-refractivity contribution in [2.75, 3.05) is 0 Å². The van der Waals surface area contributed by atoms with Crippen LogP contribution in [0.1, 0.15) is 21.5 Å². The fraction of sp³-hybridized carbons (Fsp3) is 0. The van der Waals surface area contributed by atoms with Crippen molar-refractivity contribution in [1.82, 2.24) is 0 Å². The van der Waals surface area contributed by atoms with Crippen LogP contribution in [0.3, 0.4) is 0 Å². The Morgan fingerprint density at radius 2 is 1.29 bits per heavy atom. The van der Waals surface area contributed by atoms with Crippen LogP contribution in [-0.4, -0.2) is 27.7 Å². The molecule has 2 aliphatic rings. The van der Waals surface area contributed by atoms with Crippen LogP contribution in [-0.2, 0) is 19.7 Å². The zero-order valence-corrected chi connectivity index (χ0v) is 19.8. The summed E-state index contributed by atoms with van der Waals surface area (Å²) in [5.74, 6) is -0.950. The minimum Gasteiger partial charge on any atom is -0.506 e. The van der Waals surface area contributed by atoms with Crippen molar-refractivity contribution in [2.45, 2.75) is 9.79 Å². The monoisotopic (exact) mass is 502 g/mol. The molecule has 2 aliphatic heterocycles. The molecular weight excluding hydrogens is 484 g/mol. The van der Waals surface area contributed by atoms with Crippen LogP contribution in [0.5, 0.6) is 0 Å². The molecule has 0 unspecified atom stereocenters. The van der Waals surface area contributed by atoms with Crippen LogP contribution in [0.15, 0.2) is 123 Å². The average Bonchev–Trinajstić information content (AvgIpc) is 3.18. The molecule has 0 aliphatic carbocycles. The highest BCUT2D eigenvalue weighted by atomic mass is 32.2. The molecule has 0 atom stereocenters. The average molecular weight is 503 g/mol. The summed E-state index contributed by atoms with van der Waals surface area (Å²) >= 11 is 0. The number of Topliss-reactive ketones (excluding diaryl/α,β-unsaturated/α-hetero) is 1. The van der Waals surface area contributed by atoms with Gasteiger partial charge in [-0.1, -0.05) is 66.7 Å². The van der Waals surface area contributed by atoms with Gasteiger partial charge in [0.05, 0.1) is 9.79 Å². The Kier molecular flexibility index (Phi) is 5.42. The number of fused-ring (bicyclic) bond motifs is 2. The van der Waals surface area contributed by atoms with Gasteiger partial charge in [-0.3, -0.25) is 4.79 Å². The lowest BCUT2D eigenvalue weighted by molar-refractivity contribution is 0.104. The predicted molar refractivity (Wildman–Crippen MR) is 133 cm³/mol. The third-order valence-corrected chi connectivity index (χ3v) is 9.50. The first-order valence-corrected chi connectivity index (χ1v) is 13.5. The van der Waals surface area contributed by atoms with Crippen molar-refractivity contribution in [3.63, 3.8) is 0 Å². The second-order valence-electron chi connectivity index (χ2n) is 7.89. The van der Waals surface area contributed by atoms with E-state index in [4.69, 9.17) is 0 Å². The van der Waals surface area contributed by atoms with E-state index in [-0.39, 0.29) is 36.5 Å². The Labute approximate surface area is 202 Å². The molecule has 5 rings (SSSR count). The summed E-state index contributed by atoms with van der Waals surface area (Å²) in [5.41, 5.74) is 1.45. The summed E-state index contributed by atoms with van der Waals surface area (Å²) in [6.07, 6.45) is 5.44. The number of hydrogen-bond acceptors (Lipinski definition) is 6. The van der Waals surface area contributed by atoms with E-state index in [2.05, 4.69) is 0 Å². The molecule has 0 fully saturated rings. The van der Waals surface area contributed by atoms with Crippen molar-refractivity contribution in [3.8, 4) is 0 Å². The zero-order valence-electron chi connectivity index (χ0n) is 18.1. The molecule has 1 N–H and O–H groups in total. The van der Waals surface area contributed by atoms with Gasteiger partial charge in [0.1, 0.15) is 15.6 Å². The molecule has 0 saturated heterocycles. The number of aliphatic hydroxyl groups is 1. The normalized spacial score (nSPS) is 19.4. The molecule has 3 aromatic rings. The van der Waals surface area contributed by atoms with Gasteiger partial charge in [-0.25, -0.2) is 16.8 Å². The van der Waals surface area contributed by atoms with E-state index < -0.39 is 25.5 Å². The van der Waals surface area contributed by atoms with E-state index >= 15 is 0 Å². The van der Waals surface area contributed by atoms with E-state index in [9.17, 15) is 26.7 Å². The third-order valence-electron chi connectivity index (χ3n) is 5.82. The summed E-state index contributed by atoms with van der Waals surface area (Å²) in [4.78, 5) is 12.1. The molecule has 0 amide bonds. The van der Waals surface area contributed by atoms with Crippen LogP contribution in [0, 0.1) is 0 Å². The van der Waals surface area contributed by atoms with Crippen molar-refractivity contribution in [2.24, 2.45) is 0 Å². The maximum absolute atomic E-state index is 12.9. The molecule has 0 bridgehead atoms. The van der Waals surface area contributed by atoms with Gasteiger partial charge in [-0.2, -0.15) is 0 Å². The number of aliphatic hydroxyl groups excluding tert-OH is 1. The van der Waals surface area contributed by atoms with Crippen molar-refractivity contribution in [3.05, 3.63) is 130 Å². The first-order chi connectivity index (χ1) is 16.7. The van der Waals surface area contributed by atoms with Crippen LogP contribution >= 0.6 is 0 Å². The largest absolute Gasteiger partial charge is 0.506 e. The molecule has 6 nitrogen and oxygen atoms in total. The highest BCUT2D eigenvalue weighted by molar-refractivity contribution is 7.97. The van der Waals surface area contributed by atoms with Crippen molar-refractivity contribution >= 4 is 36.8 Å². The van der Waals surface area contributed by atoms with Gasteiger partial charge < -0.3 is 5.11 Å². The standard InChI is InChI=1S/C27H18O6S2/c28-26-20-10-4-6-12-22(20)34(30,31)24(26)16-14-19(18-8-2-1-3-9-18)15-17-25-27(29)21-11-5-7-13-23(21)35(25,32)33/h1-17,28H. The number of ketones is 1. The Balaban J connectivity index is 1.61. The number of hydrogen-bond donors (Lipinski definition) is 1. The van der Waals surface area contributed by atoms with Crippen LogP contribution in [0.2, 0.25) is 0 Å². The van der Waals surface area contributed by atoms with Gasteiger partial charge >= 0.3 is 0 Å². The minimum absolute atomic E-state index is 0.0184. The fourth-order valence-electron chi connectivity index (χ4n) is 4.08. The van der Waals surface area contributed by atoms with Gasteiger partial charge in [0.2, 0.25) is 25.5 Å². The lowest BCUT2D eigenvalue weighted by atomic mass is 10.0. The Hall–Kier alpha value is -4.01. The van der Waals surface area contributed by atoms with Gasteiger partial charge in [0, 0.05) is 11.1 Å². The van der Waals surface area contributed by atoms with E-state index in [0.29, 0.717) is 11.1 Å². The summed E-state index contributed by atoms with van der Waals surface area (Å²) in [6.45, 7) is 0. The number of rotatable bonds is 4. The highest BCUT2D eigenvalue weighted by Crippen LogP contribution is 2.39. The van der Waals surface area contributed by atoms with E-state index in [1.54, 1.807) is 54.6 Å².